The highest BCUT2D eigenvalue weighted by Crippen LogP contribution is 2.30. The maximum Gasteiger partial charge on any atom is 0.407 e. The summed E-state index contributed by atoms with van der Waals surface area (Å²) in [6, 6.07) is 16.4. The van der Waals surface area contributed by atoms with Gasteiger partial charge in [-0.25, -0.2) is 4.79 Å². The zero-order valence-corrected chi connectivity index (χ0v) is 20.1. The molecule has 33 heavy (non-hydrogen) atoms. The largest absolute Gasteiger partial charge is 0.496 e. The average molecular weight is 450 g/mol. The van der Waals surface area contributed by atoms with Crippen molar-refractivity contribution in [3.05, 3.63) is 53.6 Å². The number of nitrogens with one attached hydrogen (secondary N) is 1. The number of methoxy groups -OCH3 is 1. The molecule has 1 aliphatic rings. The zero-order chi connectivity index (χ0) is 24.0. The van der Waals surface area contributed by atoms with Crippen molar-refractivity contribution in [1.29, 1.82) is 5.26 Å². The third-order valence-electron chi connectivity index (χ3n) is 6.51. The Labute approximate surface area is 197 Å². The van der Waals surface area contributed by atoms with Gasteiger partial charge in [0.1, 0.15) is 5.75 Å². The normalized spacial score (nSPS) is 18.4. The van der Waals surface area contributed by atoms with Crippen molar-refractivity contribution in [2.24, 2.45) is 5.92 Å². The molecule has 3 rings (SSSR count). The Morgan fingerprint density at radius 2 is 1.85 bits per heavy atom. The van der Waals surface area contributed by atoms with Crippen LogP contribution >= 0.6 is 0 Å². The van der Waals surface area contributed by atoms with E-state index in [0.29, 0.717) is 30.6 Å². The van der Waals surface area contributed by atoms with Gasteiger partial charge >= 0.3 is 6.09 Å². The molecule has 2 aromatic rings. The van der Waals surface area contributed by atoms with Crippen molar-refractivity contribution in [2.45, 2.75) is 64.6 Å². The van der Waals surface area contributed by atoms with Crippen molar-refractivity contribution in [1.82, 2.24) is 10.2 Å². The predicted molar refractivity (Wildman–Crippen MR) is 130 cm³/mol. The fourth-order valence-electron chi connectivity index (χ4n) is 4.57. The summed E-state index contributed by atoms with van der Waals surface area (Å²) in [7, 11) is 1.68. The lowest BCUT2D eigenvalue weighted by atomic mass is 9.85. The highest BCUT2D eigenvalue weighted by atomic mass is 16.5. The molecule has 0 aromatic heterocycles. The molecule has 0 heterocycles. The summed E-state index contributed by atoms with van der Waals surface area (Å²) in [6.07, 6.45) is 3.28. The van der Waals surface area contributed by atoms with Gasteiger partial charge in [0.25, 0.3) is 0 Å². The summed E-state index contributed by atoms with van der Waals surface area (Å²) in [5.41, 5.74) is 3.43. The van der Waals surface area contributed by atoms with Gasteiger partial charge in [-0.05, 0) is 87.8 Å². The number of ether oxygens (including phenoxy) is 1. The van der Waals surface area contributed by atoms with E-state index in [1.54, 1.807) is 12.0 Å². The van der Waals surface area contributed by atoms with E-state index in [2.05, 4.69) is 17.5 Å². The Kier molecular flexibility index (Phi) is 7.99. The van der Waals surface area contributed by atoms with Gasteiger partial charge in [-0.1, -0.05) is 18.2 Å². The molecule has 1 amide bonds. The minimum Gasteiger partial charge on any atom is -0.496 e. The van der Waals surface area contributed by atoms with Crippen LogP contribution in [0.1, 0.15) is 57.6 Å². The molecule has 0 atom stereocenters. The molecule has 0 aliphatic heterocycles. The fraction of sp³-hybridized carbons (Fsp3) is 0.481. The minimum atomic E-state index is -0.838. The quantitative estimate of drug-likeness (QED) is 0.570. The molecule has 0 saturated heterocycles. The number of carboxylic acid groups (broad SMARTS) is 1. The molecule has 0 bridgehead atoms. The standard InChI is InChI=1S/C27H35N3O3/c1-27(2,3)30(26(31)32)18-19-8-11-24(12-9-19)29-17-23-15-22(10-13-25(23)33-4)21-7-5-6-20(14-21)16-28/h5-7,10,13-15,19,24,29H,8-9,11-12,17-18H2,1-4H3,(H,31,32). The van der Waals surface area contributed by atoms with Gasteiger partial charge in [-0.15, -0.1) is 0 Å². The van der Waals surface area contributed by atoms with E-state index in [0.717, 1.165) is 48.1 Å². The van der Waals surface area contributed by atoms with E-state index >= 15 is 0 Å². The monoisotopic (exact) mass is 449 g/mol. The number of amides is 1. The van der Waals surface area contributed by atoms with Crippen LogP contribution in [-0.2, 0) is 6.54 Å². The molecule has 1 fully saturated rings. The third kappa shape index (κ3) is 6.49. The van der Waals surface area contributed by atoms with Gasteiger partial charge in [0.05, 0.1) is 18.7 Å². The van der Waals surface area contributed by atoms with Crippen molar-refractivity contribution in [3.63, 3.8) is 0 Å². The smallest absolute Gasteiger partial charge is 0.407 e. The van der Waals surface area contributed by atoms with Crippen LogP contribution < -0.4 is 10.1 Å². The fourth-order valence-corrected chi connectivity index (χ4v) is 4.57. The Balaban J connectivity index is 1.60. The molecule has 176 valence electrons. The van der Waals surface area contributed by atoms with E-state index in [1.165, 1.54) is 0 Å². The summed E-state index contributed by atoms with van der Waals surface area (Å²) in [6.45, 7) is 7.15. The number of nitriles is 1. The lowest BCUT2D eigenvalue weighted by Gasteiger charge is -2.38. The molecule has 2 aromatic carbocycles. The van der Waals surface area contributed by atoms with Crippen molar-refractivity contribution in [2.75, 3.05) is 13.7 Å². The molecule has 0 spiro atoms. The van der Waals surface area contributed by atoms with Crippen LogP contribution in [0.4, 0.5) is 4.79 Å². The van der Waals surface area contributed by atoms with Gasteiger partial charge in [0, 0.05) is 30.2 Å². The van der Waals surface area contributed by atoms with Gasteiger partial charge in [-0.2, -0.15) is 5.26 Å². The number of rotatable bonds is 7. The second kappa shape index (κ2) is 10.7. The highest BCUT2D eigenvalue weighted by molar-refractivity contribution is 5.67. The predicted octanol–water partition coefficient (Wildman–Crippen LogP) is 5.66. The summed E-state index contributed by atoms with van der Waals surface area (Å²) < 4.78 is 5.58. The summed E-state index contributed by atoms with van der Waals surface area (Å²) in [5.74, 6) is 1.25. The number of hydrogen-bond donors (Lipinski definition) is 2. The first kappa shape index (κ1) is 24.6. The molecule has 2 N–H and O–H groups in total. The van der Waals surface area contributed by atoms with Crippen LogP contribution in [0.2, 0.25) is 0 Å². The van der Waals surface area contributed by atoms with Gasteiger partial charge in [0.2, 0.25) is 0 Å². The Morgan fingerprint density at radius 3 is 2.45 bits per heavy atom. The van der Waals surface area contributed by atoms with Crippen LogP contribution in [0.3, 0.4) is 0 Å². The maximum atomic E-state index is 11.7. The van der Waals surface area contributed by atoms with E-state index in [1.807, 2.05) is 57.2 Å². The number of hydrogen-bond acceptors (Lipinski definition) is 4. The van der Waals surface area contributed by atoms with Crippen LogP contribution in [0.5, 0.6) is 5.75 Å². The molecule has 1 aliphatic carbocycles. The van der Waals surface area contributed by atoms with Crippen LogP contribution in [0.15, 0.2) is 42.5 Å². The molecular formula is C27H35N3O3. The first-order valence-electron chi connectivity index (χ1n) is 11.6. The van der Waals surface area contributed by atoms with Crippen molar-refractivity contribution >= 4 is 6.09 Å². The van der Waals surface area contributed by atoms with E-state index in [9.17, 15) is 15.2 Å². The van der Waals surface area contributed by atoms with E-state index in [4.69, 9.17) is 4.74 Å². The molecule has 0 radical (unpaired) electrons. The second-order valence-corrected chi connectivity index (χ2v) is 9.88. The SMILES string of the molecule is COc1ccc(-c2cccc(C#N)c2)cc1CNC1CCC(CN(C(=O)O)C(C)(C)C)CC1. The maximum absolute atomic E-state index is 11.7. The summed E-state index contributed by atoms with van der Waals surface area (Å²) in [4.78, 5) is 13.2. The Hall–Kier alpha value is -3.04. The molecule has 6 nitrogen and oxygen atoms in total. The lowest BCUT2D eigenvalue weighted by molar-refractivity contribution is 0.0812. The van der Waals surface area contributed by atoms with Crippen molar-refractivity contribution in [3.8, 4) is 22.9 Å². The van der Waals surface area contributed by atoms with Gasteiger partial charge in [0.15, 0.2) is 0 Å². The van der Waals surface area contributed by atoms with Crippen LogP contribution in [0.25, 0.3) is 11.1 Å². The average Bonchev–Trinajstić information content (AvgIpc) is 2.80. The zero-order valence-electron chi connectivity index (χ0n) is 20.1. The van der Waals surface area contributed by atoms with Gasteiger partial charge < -0.3 is 20.1 Å². The van der Waals surface area contributed by atoms with Crippen LogP contribution in [-0.4, -0.2) is 41.3 Å². The van der Waals surface area contributed by atoms with E-state index < -0.39 is 6.09 Å². The Bertz CT molecular complexity index is 998. The number of benzene rings is 2. The first-order chi connectivity index (χ1) is 15.7. The molecule has 6 heteroatoms. The summed E-state index contributed by atoms with van der Waals surface area (Å²) >= 11 is 0. The lowest BCUT2D eigenvalue weighted by Crippen LogP contribution is -2.48. The van der Waals surface area contributed by atoms with E-state index in [-0.39, 0.29) is 5.54 Å². The number of carbonyl (C=O) groups is 1. The number of nitrogens with zero attached hydrogens (tertiary/aromatic N) is 2. The molecule has 0 unspecified atom stereocenters. The minimum absolute atomic E-state index is 0.380. The second-order valence-electron chi connectivity index (χ2n) is 9.88. The first-order valence-corrected chi connectivity index (χ1v) is 11.6. The topological polar surface area (TPSA) is 85.6 Å². The van der Waals surface area contributed by atoms with Gasteiger partial charge in [-0.3, -0.25) is 0 Å². The molecule has 1 saturated carbocycles. The highest BCUT2D eigenvalue weighted by Gasteiger charge is 2.30. The molecular weight excluding hydrogens is 414 g/mol. The van der Waals surface area contributed by atoms with Crippen LogP contribution in [0, 0.1) is 17.2 Å². The van der Waals surface area contributed by atoms with Crippen molar-refractivity contribution < 1.29 is 14.6 Å². The Morgan fingerprint density at radius 1 is 1.15 bits per heavy atom. The summed E-state index contributed by atoms with van der Waals surface area (Å²) in [5, 5.41) is 22.4. The third-order valence-corrected chi connectivity index (χ3v) is 6.51.